The molecule has 22 heavy (non-hydrogen) atoms. The highest BCUT2D eigenvalue weighted by Crippen LogP contribution is 2.09. The Morgan fingerprint density at radius 1 is 1.36 bits per heavy atom. The number of aromatic nitrogens is 1. The van der Waals surface area contributed by atoms with Crippen molar-refractivity contribution in [2.24, 2.45) is 12.0 Å². The largest absolute Gasteiger partial charge is 0.357 e. The minimum atomic E-state index is 0. The van der Waals surface area contributed by atoms with Gasteiger partial charge in [0, 0.05) is 50.4 Å². The molecule has 4 nitrogen and oxygen atoms in total. The summed E-state index contributed by atoms with van der Waals surface area (Å²) in [4.78, 5) is 8.29. The van der Waals surface area contributed by atoms with E-state index in [4.69, 9.17) is 4.99 Å². The van der Waals surface area contributed by atoms with Crippen LogP contribution in [0, 0.1) is 0 Å². The zero-order valence-corrected chi connectivity index (χ0v) is 16.6. The zero-order valence-electron chi connectivity index (χ0n) is 13.5. The van der Waals surface area contributed by atoms with Gasteiger partial charge in [-0.1, -0.05) is 6.07 Å². The summed E-state index contributed by atoms with van der Waals surface area (Å²) in [6.07, 6.45) is 3.08. The quantitative estimate of drug-likeness (QED) is 0.432. The van der Waals surface area contributed by atoms with Crippen LogP contribution in [-0.4, -0.2) is 35.6 Å². The Morgan fingerprint density at radius 2 is 2.18 bits per heavy atom. The highest BCUT2D eigenvalue weighted by Gasteiger charge is 2.08. The third-order valence-electron chi connectivity index (χ3n) is 3.35. The third kappa shape index (κ3) is 5.64. The fourth-order valence-electron chi connectivity index (χ4n) is 2.18. The molecule has 0 aromatic carbocycles. The molecule has 0 amide bonds. The summed E-state index contributed by atoms with van der Waals surface area (Å²) >= 11 is 1.80. The van der Waals surface area contributed by atoms with Gasteiger partial charge in [-0.05, 0) is 30.5 Å². The van der Waals surface area contributed by atoms with Crippen molar-refractivity contribution in [3.63, 3.8) is 0 Å². The molecule has 0 radical (unpaired) electrons. The molecule has 2 aromatic heterocycles. The molecule has 0 spiro atoms. The number of guanidine groups is 1. The van der Waals surface area contributed by atoms with Gasteiger partial charge in [-0.3, -0.25) is 4.99 Å². The molecule has 0 atom stereocenters. The first-order valence-electron chi connectivity index (χ1n) is 7.32. The number of halogens is 1. The van der Waals surface area contributed by atoms with Crippen LogP contribution in [0.4, 0.5) is 0 Å². The van der Waals surface area contributed by atoms with E-state index in [0.29, 0.717) is 0 Å². The second kappa shape index (κ2) is 9.89. The second-order valence-electron chi connectivity index (χ2n) is 5.03. The van der Waals surface area contributed by atoms with E-state index in [1.54, 1.807) is 11.3 Å². The zero-order chi connectivity index (χ0) is 15.1. The van der Waals surface area contributed by atoms with Gasteiger partial charge in [-0.25, -0.2) is 0 Å². The maximum absolute atomic E-state index is 4.73. The maximum Gasteiger partial charge on any atom is 0.194 e. The van der Waals surface area contributed by atoms with Crippen molar-refractivity contribution in [1.82, 2.24) is 14.8 Å². The number of hydrogen-bond donors (Lipinski definition) is 1. The Kier molecular flexibility index (Phi) is 8.55. The first-order valence-corrected chi connectivity index (χ1v) is 8.20. The molecule has 0 fully saturated rings. The summed E-state index contributed by atoms with van der Waals surface area (Å²) in [5, 5.41) is 5.48. The molecule has 2 aromatic rings. The average molecular weight is 432 g/mol. The normalized spacial score (nSPS) is 11.1. The highest BCUT2D eigenvalue weighted by molar-refractivity contribution is 14.0. The molecule has 0 saturated heterocycles. The summed E-state index contributed by atoms with van der Waals surface area (Å²) in [6, 6.07) is 8.48. The Bertz CT molecular complexity index is 562. The van der Waals surface area contributed by atoms with Crippen molar-refractivity contribution in [3.8, 4) is 0 Å². The van der Waals surface area contributed by atoms with Gasteiger partial charge >= 0.3 is 0 Å². The van der Waals surface area contributed by atoms with Gasteiger partial charge in [-0.15, -0.1) is 35.3 Å². The van der Waals surface area contributed by atoms with E-state index in [0.717, 1.165) is 32.0 Å². The molecule has 0 unspecified atom stereocenters. The smallest absolute Gasteiger partial charge is 0.194 e. The predicted molar refractivity (Wildman–Crippen MR) is 106 cm³/mol. The Morgan fingerprint density at radius 3 is 2.77 bits per heavy atom. The van der Waals surface area contributed by atoms with E-state index in [1.165, 1.54) is 10.6 Å². The van der Waals surface area contributed by atoms with Crippen molar-refractivity contribution < 1.29 is 0 Å². The number of nitrogens with zero attached hydrogens (tertiary/aromatic N) is 3. The monoisotopic (exact) mass is 432 g/mol. The lowest BCUT2D eigenvalue weighted by Crippen LogP contribution is -2.39. The molecule has 2 heterocycles. The van der Waals surface area contributed by atoms with Gasteiger partial charge in [0.25, 0.3) is 0 Å². The summed E-state index contributed by atoms with van der Waals surface area (Å²) in [5.41, 5.74) is 1.28. The minimum Gasteiger partial charge on any atom is -0.357 e. The Labute approximate surface area is 154 Å². The molecule has 6 heteroatoms. The van der Waals surface area contributed by atoms with Crippen LogP contribution in [0.15, 0.2) is 40.8 Å². The van der Waals surface area contributed by atoms with Crippen LogP contribution < -0.4 is 5.32 Å². The van der Waals surface area contributed by atoms with Crippen LogP contribution in [0.25, 0.3) is 0 Å². The fourth-order valence-corrected chi connectivity index (χ4v) is 2.87. The predicted octanol–water partition coefficient (Wildman–Crippen LogP) is 3.34. The van der Waals surface area contributed by atoms with E-state index >= 15 is 0 Å². The van der Waals surface area contributed by atoms with Crippen LogP contribution in [0.2, 0.25) is 0 Å². The van der Waals surface area contributed by atoms with Crippen molar-refractivity contribution in [3.05, 3.63) is 46.4 Å². The summed E-state index contributed by atoms with van der Waals surface area (Å²) in [5.74, 6) is 0.968. The van der Waals surface area contributed by atoms with Gasteiger partial charge in [0.15, 0.2) is 5.96 Å². The fraction of sp³-hybridized carbons (Fsp3) is 0.438. The molecule has 0 aliphatic heterocycles. The SMILES string of the molecule is CCNC(=NCCc1cccs1)N(C)Cc1cccn1C.I. The van der Waals surface area contributed by atoms with Crippen LogP contribution in [0.1, 0.15) is 17.5 Å². The standard InChI is InChI=1S/C16H24N4S.HI/c1-4-17-16(18-10-9-15-8-6-12-21-15)20(3)13-14-7-5-11-19(14)2;/h5-8,11-12H,4,9-10,13H2,1-3H3,(H,17,18);1H. The molecule has 1 N–H and O–H groups in total. The number of rotatable bonds is 6. The van der Waals surface area contributed by atoms with Crippen LogP contribution in [0.3, 0.4) is 0 Å². The molecule has 0 saturated carbocycles. The first kappa shape index (κ1) is 19.0. The van der Waals surface area contributed by atoms with E-state index in [2.05, 4.69) is 71.6 Å². The topological polar surface area (TPSA) is 32.6 Å². The highest BCUT2D eigenvalue weighted by atomic mass is 127. The summed E-state index contributed by atoms with van der Waals surface area (Å²) < 4.78 is 2.14. The van der Waals surface area contributed by atoms with Gasteiger partial charge in [-0.2, -0.15) is 0 Å². The molecular weight excluding hydrogens is 407 g/mol. The van der Waals surface area contributed by atoms with Crippen molar-refractivity contribution in [2.75, 3.05) is 20.1 Å². The third-order valence-corrected chi connectivity index (χ3v) is 4.28. The summed E-state index contributed by atoms with van der Waals surface area (Å²) in [7, 11) is 4.16. The number of aliphatic imine (C=N–C) groups is 1. The van der Waals surface area contributed by atoms with Gasteiger partial charge < -0.3 is 14.8 Å². The summed E-state index contributed by atoms with van der Waals surface area (Å²) in [6.45, 7) is 4.66. The van der Waals surface area contributed by atoms with Crippen molar-refractivity contribution in [2.45, 2.75) is 19.9 Å². The molecule has 0 aliphatic rings. The lowest BCUT2D eigenvalue weighted by Gasteiger charge is -2.22. The van der Waals surface area contributed by atoms with E-state index < -0.39 is 0 Å². The second-order valence-corrected chi connectivity index (χ2v) is 6.06. The van der Waals surface area contributed by atoms with Gasteiger partial charge in [0.2, 0.25) is 0 Å². The van der Waals surface area contributed by atoms with Crippen LogP contribution >= 0.6 is 35.3 Å². The van der Waals surface area contributed by atoms with Crippen LogP contribution in [-0.2, 0) is 20.0 Å². The van der Waals surface area contributed by atoms with Crippen molar-refractivity contribution >= 4 is 41.3 Å². The van der Waals surface area contributed by atoms with Gasteiger partial charge in [0.05, 0.1) is 6.54 Å². The Balaban J connectivity index is 0.00000242. The lowest BCUT2D eigenvalue weighted by molar-refractivity contribution is 0.462. The number of thiophene rings is 1. The van der Waals surface area contributed by atoms with E-state index in [-0.39, 0.29) is 24.0 Å². The van der Waals surface area contributed by atoms with E-state index in [9.17, 15) is 0 Å². The molecular formula is C16H25IN4S. The minimum absolute atomic E-state index is 0. The average Bonchev–Trinajstić information content (AvgIpc) is 3.10. The molecule has 0 bridgehead atoms. The lowest BCUT2D eigenvalue weighted by atomic mass is 10.3. The number of aryl methyl sites for hydroxylation is 1. The van der Waals surface area contributed by atoms with E-state index in [1.807, 2.05) is 0 Å². The molecule has 122 valence electrons. The number of nitrogens with one attached hydrogen (secondary N) is 1. The molecule has 0 aliphatic carbocycles. The first-order chi connectivity index (χ1) is 10.2. The van der Waals surface area contributed by atoms with Gasteiger partial charge in [0.1, 0.15) is 0 Å². The number of hydrogen-bond acceptors (Lipinski definition) is 2. The maximum atomic E-state index is 4.73. The molecule has 2 rings (SSSR count). The Hall–Kier alpha value is -1.02. The van der Waals surface area contributed by atoms with Crippen LogP contribution in [0.5, 0.6) is 0 Å². The van der Waals surface area contributed by atoms with Crippen molar-refractivity contribution in [1.29, 1.82) is 0 Å².